The van der Waals surface area contributed by atoms with Crippen LogP contribution in [0.5, 0.6) is 5.75 Å². The molecule has 0 spiro atoms. The summed E-state index contributed by atoms with van der Waals surface area (Å²) in [6, 6.07) is 13.0. The first-order chi connectivity index (χ1) is 16.5. The van der Waals surface area contributed by atoms with Crippen LogP contribution in [-0.2, 0) is 9.59 Å². The summed E-state index contributed by atoms with van der Waals surface area (Å²) in [5, 5.41) is 9.68. The normalized spacial score (nSPS) is 20.0. The molecule has 0 radical (unpaired) electrons. The number of anilines is 1. The van der Waals surface area contributed by atoms with Crippen molar-refractivity contribution in [1.82, 2.24) is 9.88 Å². The molecule has 4 rings (SSSR count). The molecule has 2 fully saturated rings. The minimum Gasteiger partial charge on any atom is -0.492 e. The van der Waals surface area contributed by atoms with E-state index in [1.165, 1.54) is 25.7 Å². The van der Waals surface area contributed by atoms with Crippen LogP contribution in [0.2, 0.25) is 0 Å². The number of aliphatic carboxylic acids is 1. The molecule has 1 N–H and O–H groups in total. The summed E-state index contributed by atoms with van der Waals surface area (Å²) in [5.41, 5.74) is 0.851. The first-order valence-corrected chi connectivity index (χ1v) is 12.1. The van der Waals surface area contributed by atoms with Gasteiger partial charge in [0.05, 0.1) is 13.0 Å². The van der Waals surface area contributed by atoms with E-state index in [1.807, 2.05) is 59.3 Å². The molecule has 1 saturated carbocycles. The summed E-state index contributed by atoms with van der Waals surface area (Å²) in [6.45, 7) is 2.73. The Kier molecular flexibility index (Phi) is 7.83. The smallest absolute Gasteiger partial charge is 0.332 e. The maximum absolute atomic E-state index is 12.8. The van der Waals surface area contributed by atoms with Gasteiger partial charge in [0.2, 0.25) is 5.91 Å². The molecular weight excluding hydrogens is 430 g/mol. The second-order valence-corrected chi connectivity index (χ2v) is 9.28. The van der Waals surface area contributed by atoms with Crippen molar-refractivity contribution in [2.45, 2.75) is 32.1 Å². The van der Waals surface area contributed by atoms with Crippen LogP contribution in [0.25, 0.3) is 6.08 Å². The molecule has 180 valence electrons. The highest BCUT2D eigenvalue weighted by Gasteiger charge is 2.36. The van der Waals surface area contributed by atoms with Gasteiger partial charge >= 0.3 is 5.97 Å². The van der Waals surface area contributed by atoms with E-state index in [4.69, 9.17) is 4.74 Å². The van der Waals surface area contributed by atoms with Crippen molar-refractivity contribution in [2.75, 3.05) is 38.2 Å². The first kappa shape index (κ1) is 23.8. The number of amides is 1. The molecule has 1 aliphatic heterocycles. The number of hydrogen-bond acceptors (Lipinski definition) is 5. The first-order valence-electron chi connectivity index (χ1n) is 12.1. The second kappa shape index (κ2) is 11.2. The number of hydrogen-bond donors (Lipinski definition) is 1. The van der Waals surface area contributed by atoms with Gasteiger partial charge in [0.1, 0.15) is 18.2 Å². The fourth-order valence-electron chi connectivity index (χ4n) is 4.93. The van der Waals surface area contributed by atoms with E-state index in [0.29, 0.717) is 30.7 Å². The van der Waals surface area contributed by atoms with Gasteiger partial charge in [-0.25, -0.2) is 9.78 Å². The zero-order chi connectivity index (χ0) is 23.9. The molecule has 0 bridgehead atoms. The lowest BCUT2D eigenvalue weighted by atomic mass is 9.82. The molecule has 7 nitrogen and oxygen atoms in total. The molecule has 2 aliphatic rings. The minimum atomic E-state index is -1.05. The van der Waals surface area contributed by atoms with Gasteiger partial charge in [0.25, 0.3) is 0 Å². The van der Waals surface area contributed by atoms with E-state index in [-0.39, 0.29) is 17.9 Å². The van der Waals surface area contributed by atoms with Gasteiger partial charge in [0.15, 0.2) is 0 Å². The number of benzene rings is 1. The fraction of sp³-hybridized carbons (Fsp3) is 0.444. The van der Waals surface area contributed by atoms with Gasteiger partial charge in [-0.2, -0.15) is 0 Å². The number of carboxylic acids is 1. The average molecular weight is 464 g/mol. The van der Waals surface area contributed by atoms with Gasteiger partial charge in [-0.05, 0) is 60.6 Å². The molecule has 1 aliphatic carbocycles. The van der Waals surface area contributed by atoms with Crippen molar-refractivity contribution in [3.8, 4) is 5.75 Å². The summed E-state index contributed by atoms with van der Waals surface area (Å²) < 4.78 is 5.82. The number of likely N-dealkylation sites (N-methyl/N-ethyl adjacent to an activating group) is 1. The highest BCUT2D eigenvalue weighted by atomic mass is 16.5. The van der Waals surface area contributed by atoms with Crippen LogP contribution in [0, 0.1) is 11.8 Å². The van der Waals surface area contributed by atoms with Gasteiger partial charge in [-0.15, -0.1) is 0 Å². The van der Waals surface area contributed by atoms with Gasteiger partial charge < -0.3 is 19.6 Å². The van der Waals surface area contributed by atoms with Crippen LogP contribution in [0.4, 0.5) is 5.82 Å². The maximum atomic E-state index is 12.8. The zero-order valence-electron chi connectivity index (χ0n) is 19.7. The van der Waals surface area contributed by atoms with E-state index in [1.54, 1.807) is 12.3 Å². The van der Waals surface area contributed by atoms with Crippen molar-refractivity contribution in [3.63, 3.8) is 0 Å². The second-order valence-electron chi connectivity index (χ2n) is 9.28. The lowest BCUT2D eigenvalue weighted by Crippen LogP contribution is -2.29. The number of carboxylic acid groups (broad SMARTS) is 1. The molecule has 1 amide bonds. The van der Waals surface area contributed by atoms with Gasteiger partial charge in [-0.1, -0.05) is 31.0 Å². The Labute approximate surface area is 201 Å². The quantitative estimate of drug-likeness (QED) is 0.564. The molecule has 1 saturated heterocycles. The number of ether oxygens (including phenoxy) is 1. The third kappa shape index (κ3) is 6.16. The molecule has 2 aromatic rings. The molecule has 2 heterocycles. The molecule has 2 atom stereocenters. The van der Waals surface area contributed by atoms with Crippen molar-refractivity contribution in [2.24, 2.45) is 11.8 Å². The summed E-state index contributed by atoms with van der Waals surface area (Å²) in [4.78, 5) is 32.8. The third-order valence-electron chi connectivity index (χ3n) is 6.90. The minimum absolute atomic E-state index is 0.0765. The predicted octanol–water partition coefficient (Wildman–Crippen LogP) is 4.10. The SMILES string of the molecule is CN(CCOc1ccc(/C=C(\CC(=O)N2C[C@H]3CCCC[C@H]3C2)C(=O)O)cc1)c1ccccn1. The summed E-state index contributed by atoms with van der Waals surface area (Å²) in [6.07, 6.45) is 8.12. The number of pyridine rings is 1. The Morgan fingerprint density at radius 2 is 1.82 bits per heavy atom. The number of nitrogens with zero attached hydrogens (tertiary/aromatic N) is 3. The number of fused-ring (bicyclic) bond motifs is 1. The van der Waals surface area contributed by atoms with E-state index in [2.05, 4.69) is 4.98 Å². The Bertz CT molecular complexity index is 992. The van der Waals surface area contributed by atoms with Crippen molar-refractivity contribution >= 4 is 23.8 Å². The summed E-state index contributed by atoms with van der Waals surface area (Å²) in [5.74, 6) is 1.63. The molecule has 1 aromatic heterocycles. The van der Waals surface area contributed by atoms with E-state index < -0.39 is 5.97 Å². The maximum Gasteiger partial charge on any atom is 0.332 e. The Hall–Kier alpha value is -3.35. The molecule has 1 aromatic carbocycles. The van der Waals surface area contributed by atoms with Crippen LogP contribution < -0.4 is 9.64 Å². The molecule has 7 heteroatoms. The summed E-state index contributed by atoms with van der Waals surface area (Å²) in [7, 11) is 1.96. The van der Waals surface area contributed by atoms with Gasteiger partial charge in [0, 0.05) is 31.9 Å². The van der Waals surface area contributed by atoms with Crippen LogP contribution in [0.15, 0.2) is 54.2 Å². The van der Waals surface area contributed by atoms with Crippen molar-refractivity contribution in [3.05, 3.63) is 59.8 Å². The highest BCUT2D eigenvalue weighted by molar-refractivity contribution is 5.98. The largest absolute Gasteiger partial charge is 0.492 e. The molecule has 0 unspecified atom stereocenters. The Morgan fingerprint density at radius 1 is 1.12 bits per heavy atom. The monoisotopic (exact) mass is 463 g/mol. The van der Waals surface area contributed by atoms with Crippen LogP contribution >= 0.6 is 0 Å². The van der Waals surface area contributed by atoms with Crippen molar-refractivity contribution < 1.29 is 19.4 Å². The Morgan fingerprint density at radius 3 is 2.44 bits per heavy atom. The van der Waals surface area contributed by atoms with E-state index >= 15 is 0 Å². The van der Waals surface area contributed by atoms with E-state index in [9.17, 15) is 14.7 Å². The number of carbonyl (C=O) groups is 2. The number of aromatic nitrogens is 1. The fourth-order valence-corrected chi connectivity index (χ4v) is 4.93. The predicted molar refractivity (Wildman–Crippen MR) is 132 cm³/mol. The third-order valence-corrected chi connectivity index (χ3v) is 6.90. The number of rotatable bonds is 9. The van der Waals surface area contributed by atoms with Crippen LogP contribution in [0.1, 0.15) is 37.7 Å². The topological polar surface area (TPSA) is 83.0 Å². The lowest BCUT2D eigenvalue weighted by molar-refractivity contribution is -0.136. The Balaban J connectivity index is 1.30. The van der Waals surface area contributed by atoms with Gasteiger partial charge in [-0.3, -0.25) is 4.79 Å². The van der Waals surface area contributed by atoms with Crippen molar-refractivity contribution in [1.29, 1.82) is 0 Å². The number of carbonyl (C=O) groups excluding carboxylic acids is 1. The van der Waals surface area contributed by atoms with E-state index in [0.717, 1.165) is 24.5 Å². The average Bonchev–Trinajstić information content (AvgIpc) is 3.29. The molecule has 34 heavy (non-hydrogen) atoms. The molecular formula is C27H33N3O4. The standard InChI is InChI=1S/C27H33N3O4/c1-29(25-8-4-5-13-28-25)14-15-34-24-11-9-20(10-12-24)16-23(27(32)33)17-26(31)30-18-21-6-2-3-7-22(21)19-30/h4-5,8-13,16,21-22H,2-3,6-7,14-15,17-19H2,1H3,(H,32,33)/b23-16+/t21-,22+. The number of likely N-dealkylation sites (tertiary alicyclic amines) is 1. The lowest BCUT2D eigenvalue weighted by Gasteiger charge is -2.22. The highest BCUT2D eigenvalue weighted by Crippen LogP contribution is 2.36. The van der Waals surface area contributed by atoms with Crippen LogP contribution in [-0.4, -0.2) is 60.2 Å². The van der Waals surface area contributed by atoms with Crippen LogP contribution in [0.3, 0.4) is 0 Å². The zero-order valence-corrected chi connectivity index (χ0v) is 19.7. The summed E-state index contributed by atoms with van der Waals surface area (Å²) >= 11 is 0.